The molecule has 0 bridgehead atoms. The summed E-state index contributed by atoms with van der Waals surface area (Å²) >= 11 is 7.40. The molecule has 3 N–H and O–H groups in total. The summed E-state index contributed by atoms with van der Waals surface area (Å²) in [6.45, 7) is 1.21. The number of nitrogens with one attached hydrogen (secondary N) is 1. The van der Waals surface area contributed by atoms with Crippen molar-refractivity contribution in [3.05, 3.63) is 103 Å². The monoisotopic (exact) mass is 525 g/mol. The third kappa shape index (κ3) is 6.03. The summed E-state index contributed by atoms with van der Waals surface area (Å²) in [6, 6.07) is 16.2. The molecule has 188 valence electrons. The molecule has 0 spiro atoms. The Labute approximate surface area is 218 Å². The quantitative estimate of drug-likeness (QED) is 0.309. The maximum Gasteiger partial charge on any atom is 0.257 e. The molecule has 4 rings (SSSR count). The smallest absolute Gasteiger partial charge is 0.257 e. The number of hydrogen-bond donors (Lipinski definition) is 3. The minimum atomic E-state index is -0.681. The van der Waals surface area contributed by atoms with Crippen LogP contribution in [0.15, 0.2) is 65.6 Å². The van der Waals surface area contributed by atoms with E-state index in [1.165, 1.54) is 11.3 Å². The molecule has 0 aliphatic carbocycles. The number of nitrogens with zero attached hydrogens (tertiary/aromatic N) is 2. The zero-order valence-electron chi connectivity index (χ0n) is 20.1. The van der Waals surface area contributed by atoms with Crippen molar-refractivity contribution in [1.29, 1.82) is 0 Å². The lowest BCUT2D eigenvalue weighted by Gasteiger charge is -2.20. The average molecular weight is 526 g/mol. The lowest BCUT2D eigenvalue weighted by molar-refractivity contribution is 0.0949. The molecule has 2 aromatic heterocycles. The van der Waals surface area contributed by atoms with Crippen LogP contribution < -0.4 is 10.7 Å². The Morgan fingerprint density at radius 1 is 1.14 bits per heavy atom. The number of carbonyl (C=O) groups is 1. The van der Waals surface area contributed by atoms with E-state index in [0.717, 1.165) is 26.4 Å². The molecule has 0 aliphatic heterocycles. The summed E-state index contributed by atoms with van der Waals surface area (Å²) in [7, 11) is 3.73. The fourth-order valence-electron chi connectivity index (χ4n) is 4.01. The predicted octanol–water partition coefficient (Wildman–Crippen LogP) is 3.84. The Kier molecular flexibility index (Phi) is 8.23. The van der Waals surface area contributed by atoms with Gasteiger partial charge in [-0.25, -0.2) is 0 Å². The number of likely N-dealkylation sites (N-methyl/N-ethyl adjacent to an activating group) is 1. The molecule has 1 atom stereocenters. The maximum absolute atomic E-state index is 13.1. The van der Waals surface area contributed by atoms with Gasteiger partial charge in [0.05, 0.1) is 18.1 Å². The van der Waals surface area contributed by atoms with Crippen LogP contribution in [0, 0.1) is 0 Å². The highest BCUT2D eigenvalue weighted by molar-refractivity contribution is 7.18. The zero-order valence-corrected chi connectivity index (χ0v) is 21.6. The summed E-state index contributed by atoms with van der Waals surface area (Å²) < 4.78 is 1.81. The number of aryl methyl sites for hydroxylation is 1. The number of fused-ring (bicyclic) bond motifs is 1. The molecule has 36 heavy (non-hydrogen) atoms. The first-order valence-corrected chi connectivity index (χ1v) is 12.7. The fourth-order valence-corrected chi connectivity index (χ4v) is 5.30. The van der Waals surface area contributed by atoms with Gasteiger partial charge in [-0.05, 0) is 41.9 Å². The second kappa shape index (κ2) is 11.4. The van der Waals surface area contributed by atoms with Crippen molar-refractivity contribution in [3.63, 3.8) is 0 Å². The molecule has 9 heteroatoms. The number of pyridine rings is 1. The second-order valence-corrected chi connectivity index (χ2v) is 10.4. The minimum Gasteiger partial charge on any atom is -0.392 e. The molecule has 0 fully saturated rings. The van der Waals surface area contributed by atoms with Gasteiger partial charge in [0.1, 0.15) is 10.4 Å². The lowest BCUT2D eigenvalue weighted by atomic mass is 10.1. The predicted molar refractivity (Wildman–Crippen MR) is 143 cm³/mol. The van der Waals surface area contributed by atoms with E-state index in [1.54, 1.807) is 35.0 Å². The number of hydrogen-bond acceptors (Lipinski definition) is 6. The highest BCUT2D eigenvalue weighted by Gasteiger charge is 2.18. The molecule has 0 unspecified atom stereocenters. The number of aromatic nitrogens is 1. The first kappa shape index (κ1) is 26.1. The number of rotatable bonds is 9. The van der Waals surface area contributed by atoms with Crippen LogP contribution in [-0.4, -0.2) is 39.2 Å². The van der Waals surface area contributed by atoms with Crippen molar-refractivity contribution in [2.45, 2.75) is 25.8 Å². The van der Waals surface area contributed by atoms with E-state index < -0.39 is 12.0 Å². The van der Waals surface area contributed by atoms with Gasteiger partial charge in [0, 0.05) is 42.8 Å². The Hall–Kier alpha value is -3.01. The van der Waals surface area contributed by atoms with Crippen molar-refractivity contribution in [2.75, 3.05) is 13.6 Å². The molecule has 1 amide bonds. The van der Waals surface area contributed by atoms with E-state index in [2.05, 4.69) is 5.32 Å². The van der Waals surface area contributed by atoms with Gasteiger partial charge in [-0.1, -0.05) is 48.0 Å². The highest BCUT2D eigenvalue weighted by atomic mass is 35.5. The first-order valence-electron chi connectivity index (χ1n) is 11.5. The molecule has 0 aliphatic rings. The Morgan fingerprint density at radius 3 is 2.47 bits per heavy atom. The number of thiophene rings is 1. The molecule has 0 radical (unpaired) electrons. The molecule has 4 aromatic rings. The van der Waals surface area contributed by atoms with Gasteiger partial charge < -0.3 is 20.1 Å². The number of carbonyl (C=O) groups excluding carboxylic acids is 1. The van der Waals surface area contributed by atoms with Crippen LogP contribution in [-0.2, 0) is 26.7 Å². The largest absolute Gasteiger partial charge is 0.392 e. The van der Waals surface area contributed by atoms with Gasteiger partial charge in [-0.3, -0.25) is 14.5 Å². The van der Waals surface area contributed by atoms with Gasteiger partial charge >= 0.3 is 0 Å². The standard InChI is InChI=1S/C27H28ClN3O4S/c1-30(15-24(33)19-7-3-18(16-32)4-8-19)13-21-11-22-25(34)23(14-31(2)27(22)36-21)26(35)29-12-17-5-9-20(28)10-6-17/h3-11,14,24,32-33H,12-13,15-16H2,1-2H3,(H,29,35)/t24-/m1/s1. The number of aliphatic hydroxyl groups excluding tert-OH is 2. The first-order chi connectivity index (χ1) is 17.2. The van der Waals surface area contributed by atoms with Gasteiger partial charge in [-0.2, -0.15) is 0 Å². The summed E-state index contributed by atoms with van der Waals surface area (Å²) in [6.07, 6.45) is 0.894. The van der Waals surface area contributed by atoms with Crippen LogP contribution in [0.2, 0.25) is 5.02 Å². The second-order valence-electron chi connectivity index (χ2n) is 8.84. The number of benzene rings is 2. The van der Waals surface area contributed by atoms with Crippen molar-refractivity contribution < 1.29 is 15.0 Å². The summed E-state index contributed by atoms with van der Waals surface area (Å²) in [5.41, 5.74) is 2.25. The number of aliphatic hydroxyl groups is 2. The Balaban J connectivity index is 1.46. The van der Waals surface area contributed by atoms with Crippen LogP contribution in [0.5, 0.6) is 0 Å². The van der Waals surface area contributed by atoms with Crippen LogP contribution in [0.3, 0.4) is 0 Å². The zero-order chi connectivity index (χ0) is 25.8. The normalized spacial score (nSPS) is 12.3. The Morgan fingerprint density at radius 2 is 1.81 bits per heavy atom. The van der Waals surface area contributed by atoms with Crippen molar-refractivity contribution >= 4 is 39.1 Å². The van der Waals surface area contributed by atoms with E-state index in [0.29, 0.717) is 30.0 Å². The molecular weight excluding hydrogens is 498 g/mol. The van der Waals surface area contributed by atoms with E-state index in [-0.39, 0.29) is 17.6 Å². The number of halogens is 1. The van der Waals surface area contributed by atoms with Crippen LogP contribution in [0.4, 0.5) is 0 Å². The Bertz CT molecular complexity index is 1410. The molecule has 0 saturated heterocycles. The van der Waals surface area contributed by atoms with E-state index in [4.69, 9.17) is 11.6 Å². The van der Waals surface area contributed by atoms with Crippen molar-refractivity contribution in [2.24, 2.45) is 7.05 Å². The van der Waals surface area contributed by atoms with Gasteiger partial charge in [0.2, 0.25) is 5.43 Å². The molecule has 7 nitrogen and oxygen atoms in total. The summed E-state index contributed by atoms with van der Waals surface area (Å²) in [5.74, 6) is -0.423. The molecular formula is C27H28ClN3O4S. The van der Waals surface area contributed by atoms with Gasteiger partial charge in [0.25, 0.3) is 5.91 Å². The average Bonchev–Trinajstić information content (AvgIpc) is 3.30. The molecule has 0 saturated carbocycles. The fraction of sp³-hybridized carbons (Fsp3) is 0.259. The summed E-state index contributed by atoms with van der Waals surface area (Å²) in [4.78, 5) is 29.7. The highest BCUT2D eigenvalue weighted by Crippen LogP contribution is 2.25. The van der Waals surface area contributed by atoms with Gasteiger partial charge in [0.15, 0.2) is 0 Å². The topological polar surface area (TPSA) is 94.8 Å². The van der Waals surface area contributed by atoms with Crippen LogP contribution in [0.25, 0.3) is 10.2 Å². The van der Waals surface area contributed by atoms with E-state index in [9.17, 15) is 19.8 Å². The minimum absolute atomic E-state index is 0.0347. The SMILES string of the molecule is CN(Cc1cc2c(=O)c(C(=O)NCc3ccc(Cl)cc3)cn(C)c2s1)C[C@@H](O)c1ccc(CO)cc1. The maximum atomic E-state index is 13.1. The van der Waals surface area contributed by atoms with Crippen molar-refractivity contribution in [1.82, 2.24) is 14.8 Å². The van der Waals surface area contributed by atoms with E-state index in [1.807, 2.05) is 49.3 Å². The third-order valence-corrected chi connectivity index (χ3v) is 7.43. The van der Waals surface area contributed by atoms with Crippen molar-refractivity contribution in [3.8, 4) is 0 Å². The lowest BCUT2D eigenvalue weighted by Crippen LogP contribution is -2.29. The molecule has 2 aromatic carbocycles. The van der Waals surface area contributed by atoms with E-state index >= 15 is 0 Å². The third-order valence-electron chi connectivity index (χ3n) is 5.96. The van der Waals surface area contributed by atoms with Crippen LogP contribution >= 0.6 is 22.9 Å². The van der Waals surface area contributed by atoms with Gasteiger partial charge in [-0.15, -0.1) is 11.3 Å². The molecule has 2 heterocycles. The number of amides is 1. The summed E-state index contributed by atoms with van der Waals surface area (Å²) in [5, 5.41) is 23.7. The van der Waals surface area contributed by atoms with Crippen LogP contribution in [0.1, 0.15) is 38.0 Å².